The molecule has 0 radical (unpaired) electrons. The van der Waals surface area contributed by atoms with E-state index in [0.29, 0.717) is 17.8 Å². The highest BCUT2D eigenvalue weighted by Crippen LogP contribution is 2.32. The largest absolute Gasteiger partial charge is 0.381 e. The van der Waals surface area contributed by atoms with E-state index in [-0.39, 0.29) is 0 Å². The van der Waals surface area contributed by atoms with Crippen LogP contribution in [0.25, 0.3) is 0 Å². The van der Waals surface area contributed by atoms with Gasteiger partial charge in [-0.25, -0.2) is 0 Å². The highest BCUT2D eigenvalue weighted by atomic mass is 16.5. The van der Waals surface area contributed by atoms with Crippen LogP contribution < -0.4 is 0 Å². The molecule has 0 aromatic rings. The van der Waals surface area contributed by atoms with E-state index in [1.165, 1.54) is 0 Å². The summed E-state index contributed by atoms with van der Waals surface area (Å²) in [6, 6.07) is 0. The van der Waals surface area contributed by atoms with Crippen molar-refractivity contribution in [3.8, 4) is 0 Å². The zero-order chi connectivity index (χ0) is 7.56. The molecule has 58 valence electrons. The molecule has 0 spiro atoms. The molecule has 2 nitrogen and oxygen atoms in total. The van der Waals surface area contributed by atoms with Crippen LogP contribution in [0, 0.1) is 5.92 Å². The highest BCUT2D eigenvalue weighted by Gasteiger charge is 2.29. The molecule has 0 saturated heterocycles. The molecule has 0 atom stereocenters. The topological polar surface area (TPSA) is 26.3 Å². The Hall–Kier alpha value is -0.370. The molecular weight excluding hydrogens is 128 g/mol. The standard InChI is InChI=1S/C8H14O2/c1-6(9)3-7-4-8(5-7)10-2/h7-8H,3-5H2,1-2H3. The predicted octanol–water partition coefficient (Wildman–Crippen LogP) is 1.39. The Bertz CT molecular complexity index is 125. The number of Topliss-reactive ketones (excluding diaryl/α,β-unsaturated/α-hetero) is 1. The van der Waals surface area contributed by atoms with Gasteiger partial charge in [0, 0.05) is 13.5 Å². The molecule has 1 aliphatic carbocycles. The average Bonchev–Trinajstić information content (AvgIpc) is 1.76. The van der Waals surface area contributed by atoms with E-state index in [1.807, 2.05) is 0 Å². The van der Waals surface area contributed by atoms with Crippen molar-refractivity contribution < 1.29 is 9.53 Å². The summed E-state index contributed by atoms with van der Waals surface area (Å²) in [7, 11) is 1.73. The van der Waals surface area contributed by atoms with Gasteiger partial charge in [-0.3, -0.25) is 0 Å². The van der Waals surface area contributed by atoms with Crippen LogP contribution in [0.15, 0.2) is 0 Å². The Morgan fingerprint density at radius 1 is 1.60 bits per heavy atom. The van der Waals surface area contributed by atoms with Crippen molar-refractivity contribution in [3.63, 3.8) is 0 Å². The van der Waals surface area contributed by atoms with Crippen LogP contribution in [0.5, 0.6) is 0 Å². The molecule has 0 unspecified atom stereocenters. The lowest BCUT2D eigenvalue weighted by molar-refractivity contribution is -0.119. The van der Waals surface area contributed by atoms with E-state index in [4.69, 9.17) is 4.74 Å². The second-order valence-electron chi connectivity index (χ2n) is 3.10. The summed E-state index contributed by atoms with van der Waals surface area (Å²) in [5.74, 6) is 0.919. The lowest BCUT2D eigenvalue weighted by Gasteiger charge is -2.33. The molecule has 0 aromatic heterocycles. The fraction of sp³-hybridized carbons (Fsp3) is 0.875. The van der Waals surface area contributed by atoms with Crippen LogP contribution in [-0.4, -0.2) is 19.0 Å². The number of ketones is 1. The SMILES string of the molecule is COC1CC(CC(C)=O)C1. The molecule has 1 saturated carbocycles. The highest BCUT2D eigenvalue weighted by molar-refractivity contribution is 5.75. The lowest BCUT2D eigenvalue weighted by atomic mass is 9.79. The van der Waals surface area contributed by atoms with Crippen molar-refractivity contribution in [2.45, 2.75) is 32.3 Å². The quantitative estimate of drug-likeness (QED) is 0.595. The van der Waals surface area contributed by atoms with Crippen molar-refractivity contribution in [3.05, 3.63) is 0 Å². The second kappa shape index (κ2) is 3.15. The monoisotopic (exact) mass is 142 g/mol. The summed E-state index contributed by atoms with van der Waals surface area (Å²) in [6.07, 6.45) is 3.34. The number of rotatable bonds is 3. The van der Waals surface area contributed by atoms with Gasteiger partial charge >= 0.3 is 0 Å². The van der Waals surface area contributed by atoms with Gasteiger partial charge in [-0.2, -0.15) is 0 Å². The Kier molecular flexibility index (Phi) is 2.44. The third-order valence-electron chi connectivity index (χ3n) is 2.10. The first-order valence-corrected chi connectivity index (χ1v) is 3.74. The van der Waals surface area contributed by atoms with Crippen LogP contribution in [0.1, 0.15) is 26.2 Å². The fourth-order valence-corrected chi connectivity index (χ4v) is 1.44. The van der Waals surface area contributed by atoms with Crippen LogP contribution in [0.3, 0.4) is 0 Å². The maximum atomic E-state index is 10.6. The first kappa shape index (κ1) is 7.73. The van der Waals surface area contributed by atoms with E-state index < -0.39 is 0 Å². The molecule has 0 bridgehead atoms. The Morgan fingerprint density at radius 3 is 2.60 bits per heavy atom. The van der Waals surface area contributed by atoms with Crippen molar-refractivity contribution in [1.29, 1.82) is 0 Å². The van der Waals surface area contributed by atoms with Crippen molar-refractivity contribution in [2.75, 3.05) is 7.11 Å². The Labute approximate surface area is 61.6 Å². The zero-order valence-electron chi connectivity index (χ0n) is 6.59. The number of hydrogen-bond donors (Lipinski definition) is 0. The van der Waals surface area contributed by atoms with Crippen LogP contribution >= 0.6 is 0 Å². The van der Waals surface area contributed by atoms with E-state index in [0.717, 1.165) is 19.3 Å². The fourth-order valence-electron chi connectivity index (χ4n) is 1.44. The Morgan fingerprint density at radius 2 is 2.20 bits per heavy atom. The van der Waals surface area contributed by atoms with Gasteiger partial charge in [-0.1, -0.05) is 0 Å². The summed E-state index contributed by atoms with van der Waals surface area (Å²) in [5.41, 5.74) is 0. The lowest BCUT2D eigenvalue weighted by Crippen LogP contribution is -2.31. The normalized spacial score (nSPS) is 31.4. The average molecular weight is 142 g/mol. The molecule has 0 amide bonds. The number of ether oxygens (including phenoxy) is 1. The van der Waals surface area contributed by atoms with Gasteiger partial charge in [0.15, 0.2) is 0 Å². The molecule has 1 rings (SSSR count). The van der Waals surface area contributed by atoms with Gasteiger partial charge < -0.3 is 9.53 Å². The van der Waals surface area contributed by atoms with E-state index in [1.54, 1.807) is 14.0 Å². The van der Waals surface area contributed by atoms with Gasteiger partial charge in [0.2, 0.25) is 0 Å². The number of carbonyl (C=O) groups is 1. The van der Waals surface area contributed by atoms with Gasteiger partial charge in [0.25, 0.3) is 0 Å². The minimum Gasteiger partial charge on any atom is -0.381 e. The van der Waals surface area contributed by atoms with Crippen molar-refractivity contribution in [1.82, 2.24) is 0 Å². The molecule has 0 aliphatic heterocycles. The van der Waals surface area contributed by atoms with Gasteiger partial charge in [-0.05, 0) is 25.7 Å². The molecule has 10 heavy (non-hydrogen) atoms. The summed E-state index contributed by atoms with van der Waals surface area (Å²) in [6.45, 7) is 1.65. The number of methoxy groups -OCH3 is 1. The summed E-state index contributed by atoms with van der Waals surface area (Å²) in [4.78, 5) is 10.6. The van der Waals surface area contributed by atoms with E-state index in [2.05, 4.69) is 0 Å². The first-order valence-electron chi connectivity index (χ1n) is 3.74. The van der Waals surface area contributed by atoms with Crippen LogP contribution in [0.4, 0.5) is 0 Å². The maximum absolute atomic E-state index is 10.6. The van der Waals surface area contributed by atoms with Gasteiger partial charge in [-0.15, -0.1) is 0 Å². The second-order valence-corrected chi connectivity index (χ2v) is 3.10. The molecule has 1 aliphatic rings. The van der Waals surface area contributed by atoms with E-state index >= 15 is 0 Å². The van der Waals surface area contributed by atoms with Crippen LogP contribution in [-0.2, 0) is 9.53 Å². The van der Waals surface area contributed by atoms with Crippen molar-refractivity contribution in [2.24, 2.45) is 5.92 Å². The molecular formula is C8H14O2. The third-order valence-corrected chi connectivity index (χ3v) is 2.10. The minimum atomic E-state index is 0.305. The minimum absolute atomic E-state index is 0.305. The van der Waals surface area contributed by atoms with E-state index in [9.17, 15) is 4.79 Å². The molecule has 2 heteroatoms. The number of hydrogen-bond acceptors (Lipinski definition) is 2. The molecule has 0 aromatic carbocycles. The maximum Gasteiger partial charge on any atom is 0.130 e. The Balaban J connectivity index is 2.08. The van der Waals surface area contributed by atoms with Crippen LogP contribution in [0.2, 0.25) is 0 Å². The molecule has 0 heterocycles. The summed E-state index contributed by atoms with van der Waals surface area (Å²) < 4.78 is 5.09. The first-order chi connectivity index (χ1) is 4.72. The van der Waals surface area contributed by atoms with Crippen molar-refractivity contribution >= 4 is 5.78 Å². The summed E-state index contributed by atoms with van der Waals surface area (Å²) in [5, 5.41) is 0. The van der Waals surface area contributed by atoms with Gasteiger partial charge in [0.05, 0.1) is 6.10 Å². The van der Waals surface area contributed by atoms with Gasteiger partial charge in [0.1, 0.15) is 5.78 Å². The number of carbonyl (C=O) groups excluding carboxylic acids is 1. The smallest absolute Gasteiger partial charge is 0.130 e. The predicted molar refractivity (Wildman–Crippen MR) is 38.8 cm³/mol. The molecule has 1 fully saturated rings. The zero-order valence-corrected chi connectivity index (χ0v) is 6.59. The molecule has 0 N–H and O–H groups in total. The summed E-state index contributed by atoms with van der Waals surface area (Å²) >= 11 is 0. The third kappa shape index (κ3) is 1.81.